The lowest BCUT2D eigenvalue weighted by molar-refractivity contribution is -0.113. The maximum Gasteiger partial charge on any atom is 0.0944 e. The molecule has 1 aromatic rings. The highest BCUT2D eigenvalue weighted by Crippen LogP contribution is 2.37. The van der Waals surface area contributed by atoms with E-state index in [1.54, 1.807) is 18.9 Å². The van der Waals surface area contributed by atoms with Gasteiger partial charge in [0.25, 0.3) is 0 Å². The summed E-state index contributed by atoms with van der Waals surface area (Å²) >= 11 is 7.73. The Labute approximate surface area is 124 Å². The highest BCUT2D eigenvalue weighted by Gasteiger charge is 2.39. The minimum absolute atomic E-state index is 0.355. The zero-order valence-corrected chi connectivity index (χ0v) is 12.8. The summed E-state index contributed by atoms with van der Waals surface area (Å²) in [5, 5.41) is 11.2. The lowest BCUT2D eigenvalue weighted by Crippen LogP contribution is -2.47. The zero-order valence-electron chi connectivity index (χ0n) is 11.3. The van der Waals surface area contributed by atoms with Crippen LogP contribution in [0.5, 0.6) is 0 Å². The van der Waals surface area contributed by atoms with Crippen molar-refractivity contribution in [1.82, 2.24) is 0 Å². The maximum absolute atomic E-state index is 10.5. The minimum Gasteiger partial charge on any atom is -0.389 e. The van der Waals surface area contributed by atoms with Crippen molar-refractivity contribution >= 4 is 23.4 Å². The number of hydrogen-bond donors (Lipinski definition) is 1. The van der Waals surface area contributed by atoms with E-state index in [9.17, 15) is 5.11 Å². The lowest BCUT2D eigenvalue weighted by atomic mass is 9.81. The quantitative estimate of drug-likeness (QED) is 0.829. The van der Waals surface area contributed by atoms with E-state index in [1.807, 2.05) is 24.3 Å². The van der Waals surface area contributed by atoms with E-state index >= 15 is 0 Å². The monoisotopic (exact) mass is 300 g/mol. The molecule has 19 heavy (non-hydrogen) atoms. The number of benzene rings is 1. The second-order valence-corrected chi connectivity index (χ2v) is 6.56. The topological polar surface area (TPSA) is 29.5 Å². The summed E-state index contributed by atoms with van der Waals surface area (Å²) in [6.07, 6.45) is 4.99. The van der Waals surface area contributed by atoms with Crippen LogP contribution in [0.25, 0.3) is 0 Å². The normalized spacial score (nSPS) is 20.2. The molecule has 1 saturated carbocycles. The Bertz CT molecular complexity index is 405. The summed E-state index contributed by atoms with van der Waals surface area (Å²) in [5.41, 5.74) is -0.355. The predicted octanol–water partition coefficient (Wildman–Crippen LogP) is 4.14. The third-order valence-corrected chi connectivity index (χ3v) is 5.54. The van der Waals surface area contributed by atoms with Crippen LogP contribution in [0.3, 0.4) is 0 Å². The predicted molar refractivity (Wildman–Crippen MR) is 81.0 cm³/mol. The van der Waals surface area contributed by atoms with E-state index in [1.165, 1.54) is 6.42 Å². The van der Waals surface area contributed by atoms with Gasteiger partial charge in [-0.25, -0.2) is 0 Å². The molecule has 2 rings (SSSR count). The number of ether oxygens (including phenoxy) is 1. The van der Waals surface area contributed by atoms with Gasteiger partial charge in [0.1, 0.15) is 0 Å². The number of thioether (sulfide) groups is 1. The first-order valence-electron chi connectivity index (χ1n) is 6.78. The largest absolute Gasteiger partial charge is 0.389 e. The fraction of sp³-hybridized carbons (Fsp3) is 0.600. The van der Waals surface area contributed by atoms with Crippen LogP contribution in [0.4, 0.5) is 0 Å². The molecular formula is C15H21ClO2S. The van der Waals surface area contributed by atoms with Crippen molar-refractivity contribution in [3.63, 3.8) is 0 Å². The molecule has 0 radical (unpaired) electrons. The number of aliphatic hydroxyl groups excluding tert-OH is 1. The Balaban J connectivity index is 1.96. The van der Waals surface area contributed by atoms with Crippen LogP contribution in [-0.4, -0.2) is 29.7 Å². The standard InChI is InChI=1S/C15H21ClO2S/c1-18-15(9-5-2-6-10-15)14(17)11-19-13-8-4-3-7-12(13)16/h3-4,7-8,14,17H,2,5-6,9-11H2,1H3. The van der Waals surface area contributed by atoms with E-state index in [-0.39, 0.29) is 5.60 Å². The van der Waals surface area contributed by atoms with Crippen molar-refractivity contribution in [3.05, 3.63) is 29.3 Å². The highest BCUT2D eigenvalue weighted by atomic mass is 35.5. The highest BCUT2D eigenvalue weighted by molar-refractivity contribution is 7.99. The molecule has 0 bridgehead atoms. The number of hydrogen-bond acceptors (Lipinski definition) is 3. The molecule has 0 spiro atoms. The molecule has 1 unspecified atom stereocenters. The molecule has 0 aliphatic heterocycles. The molecule has 1 N–H and O–H groups in total. The van der Waals surface area contributed by atoms with Gasteiger partial charge in [-0.1, -0.05) is 43.0 Å². The van der Waals surface area contributed by atoms with Gasteiger partial charge in [-0.05, 0) is 25.0 Å². The van der Waals surface area contributed by atoms with Gasteiger partial charge in [0.15, 0.2) is 0 Å². The van der Waals surface area contributed by atoms with Gasteiger partial charge in [0.2, 0.25) is 0 Å². The number of halogens is 1. The summed E-state index contributed by atoms with van der Waals surface area (Å²) in [5.74, 6) is 0.623. The summed E-state index contributed by atoms with van der Waals surface area (Å²) in [7, 11) is 1.72. The molecule has 0 aromatic heterocycles. The molecule has 1 aliphatic rings. The Morgan fingerprint density at radius 1 is 1.32 bits per heavy atom. The molecule has 0 heterocycles. The van der Waals surface area contributed by atoms with Gasteiger partial charge in [0, 0.05) is 17.8 Å². The summed E-state index contributed by atoms with van der Waals surface area (Å²) in [6, 6.07) is 7.75. The van der Waals surface area contributed by atoms with Gasteiger partial charge in [-0.15, -0.1) is 11.8 Å². The molecule has 0 saturated heterocycles. The number of methoxy groups -OCH3 is 1. The Kier molecular flexibility index (Phi) is 5.58. The van der Waals surface area contributed by atoms with Crippen molar-refractivity contribution in [3.8, 4) is 0 Å². The van der Waals surface area contributed by atoms with Crippen molar-refractivity contribution in [2.24, 2.45) is 0 Å². The Morgan fingerprint density at radius 3 is 2.63 bits per heavy atom. The molecule has 0 amide bonds. The van der Waals surface area contributed by atoms with E-state index < -0.39 is 6.10 Å². The zero-order chi connectivity index (χ0) is 13.7. The van der Waals surface area contributed by atoms with Gasteiger partial charge in [-0.3, -0.25) is 0 Å². The van der Waals surface area contributed by atoms with Crippen molar-refractivity contribution in [1.29, 1.82) is 0 Å². The minimum atomic E-state index is -0.445. The van der Waals surface area contributed by atoms with Crippen LogP contribution in [0.15, 0.2) is 29.2 Å². The third kappa shape index (κ3) is 3.66. The SMILES string of the molecule is COC1(C(O)CSc2ccccc2Cl)CCCCC1. The fourth-order valence-corrected chi connectivity index (χ4v) is 4.03. The van der Waals surface area contributed by atoms with Gasteiger partial charge in [-0.2, -0.15) is 0 Å². The maximum atomic E-state index is 10.5. The van der Waals surface area contributed by atoms with Gasteiger partial charge in [0.05, 0.1) is 16.7 Å². The lowest BCUT2D eigenvalue weighted by Gasteiger charge is -2.39. The smallest absolute Gasteiger partial charge is 0.0944 e. The second kappa shape index (κ2) is 6.98. The number of aliphatic hydroxyl groups is 1. The molecule has 106 valence electrons. The molecule has 1 aliphatic carbocycles. The van der Waals surface area contributed by atoms with Crippen LogP contribution >= 0.6 is 23.4 Å². The van der Waals surface area contributed by atoms with Gasteiger partial charge < -0.3 is 9.84 Å². The fourth-order valence-electron chi connectivity index (χ4n) is 2.71. The van der Waals surface area contributed by atoms with Crippen LogP contribution < -0.4 is 0 Å². The van der Waals surface area contributed by atoms with E-state index in [0.717, 1.165) is 35.6 Å². The molecule has 1 atom stereocenters. The van der Waals surface area contributed by atoms with E-state index in [4.69, 9.17) is 16.3 Å². The molecule has 1 fully saturated rings. The van der Waals surface area contributed by atoms with Crippen molar-refractivity contribution < 1.29 is 9.84 Å². The van der Waals surface area contributed by atoms with Crippen LogP contribution in [0.1, 0.15) is 32.1 Å². The Hall–Kier alpha value is -0.220. The van der Waals surface area contributed by atoms with E-state index in [0.29, 0.717) is 5.75 Å². The number of rotatable bonds is 5. The third-order valence-electron chi connectivity index (χ3n) is 3.95. The van der Waals surface area contributed by atoms with Crippen molar-refractivity contribution in [2.75, 3.05) is 12.9 Å². The summed E-state index contributed by atoms with van der Waals surface area (Å²) in [4.78, 5) is 1.02. The van der Waals surface area contributed by atoms with Gasteiger partial charge >= 0.3 is 0 Å². The molecular weight excluding hydrogens is 280 g/mol. The average molecular weight is 301 g/mol. The van der Waals surface area contributed by atoms with Crippen molar-refractivity contribution in [2.45, 2.75) is 48.7 Å². The van der Waals surface area contributed by atoms with E-state index in [2.05, 4.69) is 0 Å². The first-order chi connectivity index (χ1) is 9.18. The summed E-state index contributed by atoms with van der Waals surface area (Å²) in [6.45, 7) is 0. The molecule has 4 heteroatoms. The first-order valence-corrected chi connectivity index (χ1v) is 8.15. The summed E-state index contributed by atoms with van der Waals surface area (Å²) < 4.78 is 5.66. The van der Waals surface area contributed by atoms with Crippen LogP contribution in [-0.2, 0) is 4.74 Å². The first kappa shape index (κ1) is 15.2. The van der Waals surface area contributed by atoms with Crippen LogP contribution in [0, 0.1) is 0 Å². The average Bonchev–Trinajstić information content (AvgIpc) is 2.46. The second-order valence-electron chi connectivity index (χ2n) is 5.09. The molecule has 1 aromatic carbocycles. The molecule has 2 nitrogen and oxygen atoms in total. The Morgan fingerprint density at radius 2 is 2.00 bits per heavy atom. The van der Waals surface area contributed by atoms with Crippen LogP contribution in [0.2, 0.25) is 5.02 Å².